The van der Waals surface area contributed by atoms with Gasteiger partial charge in [-0.15, -0.1) is 0 Å². The standard InChI is InChI=1S/C13H12Br2N4O/c1-7-3-8(14)12(9(15)4-7)19-13(20)10-5-18-11(16-2)6-17-10/h3-6H,1-2H3,(H,16,18)(H,19,20). The molecule has 2 aromatic rings. The van der Waals surface area contributed by atoms with Gasteiger partial charge < -0.3 is 10.6 Å². The number of nitrogens with zero attached hydrogens (tertiary/aromatic N) is 2. The highest BCUT2D eigenvalue weighted by Crippen LogP contribution is 2.32. The van der Waals surface area contributed by atoms with E-state index in [1.54, 1.807) is 7.05 Å². The third-order valence-electron chi connectivity index (χ3n) is 2.57. The Kier molecular flexibility index (Phi) is 4.72. The SMILES string of the molecule is CNc1cnc(C(=O)Nc2c(Br)cc(C)cc2Br)cn1. The van der Waals surface area contributed by atoms with E-state index in [1.165, 1.54) is 12.4 Å². The summed E-state index contributed by atoms with van der Waals surface area (Å²) in [6, 6.07) is 3.85. The molecule has 1 aromatic carbocycles. The molecule has 2 rings (SSSR count). The lowest BCUT2D eigenvalue weighted by atomic mass is 10.2. The smallest absolute Gasteiger partial charge is 0.275 e. The van der Waals surface area contributed by atoms with E-state index in [0.29, 0.717) is 11.5 Å². The van der Waals surface area contributed by atoms with Crippen molar-refractivity contribution < 1.29 is 4.79 Å². The monoisotopic (exact) mass is 398 g/mol. The number of carbonyl (C=O) groups excluding carboxylic acids is 1. The number of anilines is 2. The molecule has 0 aliphatic rings. The van der Waals surface area contributed by atoms with Gasteiger partial charge in [-0.3, -0.25) is 4.79 Å². The number of aryl methyl sites for hydroxylation is 1. The van der Waals surface area contributed by atoms with Crippen LogP contribution in [-0.2, 0) is 0 Å². The fraction of sp³-hybridized carbons (Fsp3) is 0.154. The van der Waals surface area contributed by atoms with Crippen LogP contribution in [0.25, 0.3) is 0 Å². The molecule has 7 heteroatoms. The second-order valence-corrected chi connectivity index (χ2v) is 5.80. The van der Waals surface area contributed by atoms with Gasteiger partial charge in [0.15, 0.2) is 0 Å². The molecule has 104 valence electrons. The van der Waals surface area contributed by atoms with Crippen molar-refractivity contribution >= 4 is 49.3 Å². The molecule has 0 aliphatic heterocycles. The van der Waals surface area contributed by atoms with E-state index in [0.717, 1.165) is 14.5 Å². The van der Waals surface area contributed by atoms with Crippen LogP contribution in [0.4, 0.5) is 11.5 Å². The number of hydrogen-bond acceptors (Lipinski definition) is 4. The Bertz CT molecular complexity index is 620. The van der Waals surface area contributed by atoms with Crippen LogP contribution in [0.15, 0.2) is 33.5 Å². The van der Waals surface area contributed by atoms with Crippen LogP contribution in [0, 0.1) is 6.92 Å². The van der Waals surface area contributed by atoms with Crippen molar-refractivity contribution in [1.82, 2.24) is 9.97 Å². The van der Waals surface area contributed by atoms with Gasteiger partial charge in [0.1, 0.15) is 11.5 Å². The van der Waals surface area contributed by atoms with E-state index in [1.807, 2.05) is 19.1 Å². The molecule has 0 spiro atoms. The summed E-state index contributed by atoms with van der Waals surface area (Å²) in [7, 11) is 1.74. The number of nitrogens with one attached hydrogen (secondary N) is 2. The van der Waals surface area contributed by atoms with Gasteiger partial charge in [-0.1, -0.05) is 0 Å². The maximum Gasteiger partial charge on any atom is 0.275 e. The van der Waals surface area contributed by atoms with Crippen molar-refractivity contribution in [1.29, 1.82) is 0 Å². The largest absolute Gasteiger partial charge is 0.372 e. The van der Waals surface area contributed by atoms with E-state index in [9.17, 15) is 4.79 Å². The predicted octanol–water partition coefficient (Wildman–Crippen LogP) is 3.60. The summed E-state index contributed by atoms with van der Waals surface area (Å²) < 4.78 is 1.61. The molecule has 0 atom stereocenters. The fourth-order valence-corrected chi connectivity index (χ4v) is 3.18. The van der Waals surface area contributed by atoms with Gasteiger partial charge in [0.25, 0.3) is 5.91 Å². The van der Waals surface area contributed by atoms with Crippen LogP contribution in [0.1, 0.15) is 16.1 Å². The number of amides is 1. The number of rotatable bonds is 3. The Hall–Kier alpha value is -1.47. The Morgan fingerprint density at radius 3 is 2.30 bits per heavy atom. The van der Waals surface area contributed by atoms with Gasteiger partial charge in [-0.2, -0.15) is 0 Å². The number of carbonyl (C=O) groups is 1. The Balaban J connectivity index is 2.23. The summed E-state index contributed by atoms with van der Waals surface area (Å²) in [5.74, 6) is 0.296. The second kappa shape index (κ2) is 6.32. The highest BCUT2D eigenvalue weighted by atomic mass is 79.9. The van der Waals surface area contributed by atoms with Gasteiger partial charge in [-0.25, -0.2) is 9.97 Å². The van der Waals surface area contributed by atoms with Crippen molar-refractivity contribution in [3.05, 3.63) is 44.7 Å². The Morgan fingerprint density at radius 1 is 1.15 bits per heavy atom. The lowest BCUT2D eigenvalue weighted by Gasteiger charge is -2.10. The quantitative estimate of drug-likeness (QED) is 0.827. The van der Waals surface area contributed by atoms with E-state index in [2.05, 4.69) is 52.5 Å². The van der Waals surface area contributed by atoms with E-state index >= 15 is 0 Å². The van der Waals surface area contributed by atoms with Crippen molar-refractivity contribution in [2.24, 2.45) is 0 Å². The molecule has 0 bridgehead atoms. The summed E-state index contributed by atoms with van der Waals surface area (Å²) in [5.41, 5.74) is 2.00. The van der Waals surface area contributed by atoms with Crippen molar-refractivity contribution in [3.63, 3.8) is 0 Å². The molecular formula is C13H12Br2N4O. The lowest BCUT2D eigenvalue weighted by Crippen LogP contribution is -2.15. The van der Waals surface area contributed by atoms with E-state index in [4.69, 9.17) is 0 Å². The number of benzene rings is 1. The molecule has 20 heavy (non-hydrogen) atoms. The van der Waals surface area contributed by atoms with Gasteiger partial charge in [-0.05, 0) is 56.5 Å². The average molecular weight is 400 g/mol. The minimum atomic E-state index is -0.314. The van der Waals surface area contributed by atoms with Crippen LogP contribution in [0.3, 0.4) is 0 Å². The Morgan fingerprint density at radius 2 is 1.80 bits per heavy atom. The molecule has 1 heterocycles. The van der Waals surface area contributed by atoms with Crippen LogP contribution in [0.2, 0.25) is 0 Å². The summed E-state index contributed by atoms with van der Waals surface area (Å²) in [6.45, 7) is 1.98. The number of aromatic nitrogens is 2. The minimum Gasteiger partial charge on any atom is -0.372 e. The third kappa shape index (κ3) is 3.34. The molecule has 1 amide bonds. The van der Waals surface area contributed by atoms with Gasteiger partial charge in [0.2, 0.25) is 0 Å². The maximum atomic E-state index is 12.1. The normalized spacial score (nSPS) is 10.2. The zero-order chi connectivity index (χ0) is 14.7. The topological polar surface area (TPSA) is 66.9 Å². The molecule has 1 aromatic heterocycles. The zero-order valence-electron chi connectivity index (χ0n) is 10.9. The van der Waals surface area contributed by atoms with Crippen molar-refractivity contribution in [3.8, 4) is 0 Å². The molecular weight excluding hydrogens is 388 g/mol. The highest BCUT2D eigenvalue weighted by Gasteiger charge is 2.13. The first kappa shape index (κ1) is 14.9. The minimum absolute atomic E-state index is 0.253. The van der Waals surface area contributed by atoms with Crippen molar-refractivity contribution in [2.45, 2.75) is 6.92 Å². The summed E-state index contributed by atoms with van der Waals surface area (Å²) in [4.78, 5) is 20.2. The van der Waals surface area contributed by atoms with Crippen LogP contribution < -0.4 is 10.6 Å². The third-order valence-corrected chi connectivity index (χ3v) is 3.82. The first-order chi connectivity index (χ1) is 9.51. The molecule has 0 saturated carbocycles. The number of halogens is 2. The Labute approximate surface area is 133 Å². The highest BCUT2D eigenvalue weighted by molar-refractivity contribution is 9.11. The molecule has 5 nitrogen and oxygen atoms in total. The number of hydrogen-bond donors (Lipinski definition) is 2. The average Bonchev–Trinajstić information content (AvgIpc) is 2.42. The van der Waals surface area contributed by atoms with Gasteiger partial charge in [0, 0.05) is 16.0 Å². The first-order valence-electron chi connectivity index (χ1n) is 5.78. The first-order valence-corrected chi connectivity index (χ1v) is 7.36. The fourth-order valence-electron chi connectivity index (χ4n) is 1.57. The van der Waals surface area contributed by atoms with E-state index in [-0.39, 0.29) is 11.6 Å². The summed E-state index contributed by atoms with van der Waals surface area (Å²) in [6.07, 6.45) is 2.94. The zero-order valence-corrected chi connectivity index (χ0v) is 14.0. The van der Waals surface area contributed by atoms with E-state index < -0.39 is 0 Å². The van der Waals surface area contributed by atoms with Crippen LogP contribution in [-0.4, -0.2) is 22.9 Å². The second-order valence-electron chi connectivity index (χ2n) is 4.09. The summed E-state index contributed by atoms with van der Waals surface area (Å²) >= 11 is 6.86. The predicted molar refractivity (Wildman–Crippen MR) is 86.1 cm³/mol. The molecule has 0 radical (unpaired) electrons. The molecule has 2 N–H and O–H groups in total. The van der Waals surface area contributed by atoms with Gasteiger partial charge >= 0.3 is 0 Å². The van der Waals surface area contributed by atoms with Gasteiger partial charge in [0.05, 0.1) is 18.1 Å². The molecule has 0 aliphatic carbocycles. The molecule has 0 unspecified atom stereocenters. The lowest BCUT2D eigenvalue weighted by molar-refractivity contribution is 0.102. The molecule has 0 saturated heterocycles. The maximum absolute atomic E-state index is 12.1. The van der Waals surface area contributed by atoms with Crippen LogP contribution in [0.5, 0.6) is 0 Å². The van der Waals surface area contributed by atoms with Crippen molar-refractivity contribution in [2.75, 3.05) is 17.7 Å². The summed E-state index contributed by atoms with van der Waals surface area (Å²) in [5, 5.41) is 5.65. The van der Waals surface area contributed by atoms with Crippen LogP contribution >= 0.6 is 31.9 Å². The molecule has 0 fully saturated rings.